The number of hydrogen-bond acceptors (Lipinski definition) is 2. The molecule has 1 aromatic rings. The van der Waals surface area contributed by atoms with Crippen molar-refractivity contribution < 1.29 is 14.7 Å². The minimum absolute atomic E-state index is 0.0185. The second-order valence-corrected chi connectivity index (χ2v) is 4.36. The molecule has 0 aromatic heterocycles. The van der Waals surface area contributed by atoms with E-state index < -0.39 is 5.97 Å². The fourth-order valence-corrected chi connectivity index (χ4v) is 2.28. The van der Waals surface area contributed by atoms with E-state index in [1.165, 1.54) is 0 Å². The molecule has 0 aliphatic carbocycles. The monoisotopic (exact) mass is 233 g/mol. The van der Waals surface area contributed by atoms with Gasteiger partial charge in [0.05, 0.1) is 0 Å². The second kappa shape index (κ2) is 4.57. The number of carbonyl (C=O) groups is 2. The van der Waals surface area contributed by atoms with Gasteiger partial charge in [0.1, 0.15) is 0 Å². The third-order valence-corrected chi connectivity index (χ3v) is 3.21. The molecule has 1 heterocycles. The number of carboxylic acids is 1. The Balaban J connectivity index is 2.19. The zero-order valence-electron chi connectivity index (χ0n) is 9.72. The van der Waals surface area contributed by atoms with Crippen LogP contribution in [0, 0.1) is 5.92 Å². The lowest BCUT2D eigenvalue weighted by molar-refractivity contribution is -0.137. The summed E-state index contributed by atoms with van der Waals surface area (Å²) in [7, 11) is 1.74. The van der Waals surface area contributed by atoms with Crippen LogP contribution in [-0.2, 0) is 16.0 Å². The summed E-state index contributed by atoms with van der Waals surface area (Å²) < 4.78 is 0. The molecule has 1 N–H and O–H groups in total. The van der Waals surface area contributed by atoms with Crippen LogP contribution in [0.2, 0.25) is 0 Å². The van der Waals surface area contributed by atoms with E-state index in [4.69, 9.17) is 5.11 Å². The highest BCUT2D eigenvalue weighted by molar-refractivity contribution is 5.97. The molecule has 1 atom stereocenters. The third-order valence-electron chi connectivity index (χ3n) is 3.21. The summed E-state index contributed by atoms with van der Waals surface area (Å²) in [6, 6.07) is 7.75. The molecule has 0 spiro atoms. The maximum atomic E-state index is 12.0. The van der Waals surface area contributed by atoms with Gasteiger partial charge in [-0.1, -0.05) is 18.2 Å². The summed E-state index contributed by atoms with van der Waals surface area (Å²) in [5.74, 6) is -1.03. The predicted molar refractivity (Wildman–Crippen MR) is 63.9 cm³/mol. The topological polar surface area (TPSA) is 57.6 Å². The summed E-state index contributed by atoms with van der Waals surface area (Å²) in [5, 5.41) is 8.67. The molecule has 4 heteroatoms. The molecule has 0 fully saturated rings. The van der Waals surface area contributed by atoms with Gasteiger partial charge in [-0.25, -0.2) is 0 Å². The number of nitrogens with zero attached hydrogens (tertiary/aromatic N) is 1. The molecule has 0 bridgehead atoms. The van der Waals surface area contributed by atoms with E-state index in [0.717, 1.165) is 11.3 Å². The van der Waals surface area contributed by atoms with Crippen LogP contribution in [0.4, 0.5) is 5.69 Å². The van der Waals surface area contributed by atoms with Gasteiger partial charge in [0.2, 0.25) is 5.91 Å². The molecular weight excluding hydrogens is 218 g/mol. The molecule has 17 heavy (non-hydrogen) atoms. The molecule has 4 nitrogen and oxygen atoms in total. The number of hydrogen-bond donors (Lipinski definition) is 1. The van der Waals surface area contributed by atoms with Gasteiger partial charge in [0, 0.05) is 25.1 Å². The van der Waals surface area contributed by atoms with E-state index in [9.17, 15) is 9.59 Å². The molecule has 0 radical (unpaired) electrons. The minimum Gasteiger partial charge on any atom is -0.481 e. The van der Waals surface area contributed by atoms with Crippen LogP contribution in [0.3, 0.4) is 0 Å². The van der Waals surface area contributed by atoms with Crippen molar-refractivity contribution in [2.24, 2.45) is 5.92 Å². The maximum absolute atomic E-state index is 12.0. The maximum Gasteiger partial charge on any atom is 0.303 e. The van der Waals surface area contributed by atoms with Gasteiger partial charge in [-0.3, -0.25) is 9.59 Å². The molecule has 1 aliphatic heterocycles. The zero-order chi connectivity index (χ0) is 12.4. The summed E-state index contributed by atoms with van der Waals surface area (Å²) in [5.41, 5.74) is 2.05. The average Bonchev–Trinajstić information content (AvgIpc) is 2.32. The van der Waals surface area contributed by atoms with Gasteiger partial charge < -0.3 is 10.0 Å². The number of benzene rings is 1. The van der Waals surface area contributed by atoms with E-state index in [0.29, 0.717) is 12.8 Å². The molecule has 0 saturated carbocycles. The molecule has 1 aromatic carbocycles. The van der Waals surface area contributed by atoms with Gasteiger partial charge in [0.25, 0.3) is 0 Å². The first kappa shape index (κ1) is 11.6. The number of fused-ring (bicyclic) bond motifs is 1. The summed E-state index contributed by atoms with van der Waals surface area (Å²) >= 11 is 0. The Morgan fingerprint density at radius 1 is 1.47 bits per heavy atom. The smallest absolute Gasteiger partial charge is 0.303 e. The first-order valence-corrected chi connectivity index (χ1v) is 5.67. The molecule has 1 aliphatic rings. The van der Waals surface area contributed by atoms with Crippen LogP contribution < -0.4 is 4.90 Å². The van der Waals surface area contributed by atoms with E-state index >= 15 is 0 Å². The number of rotatable bonds is 3. The van der Waals surface area contributed by atoms with Crippen LogP contribution in [0.5, 0.6) is 0 Å². The van der Waals surface area contributed by atoms with Gasteiger partial charge >= 0.3 is 5.97 Å². The van der Waals surface area contributed by atoms with Crippen molar-refractivity contribution in [1.82, 2.24) is 0 Å². The van der Waals surface area contributed by atoms with Gasteiger partial charge in [-0.05, 0) is 24.5 Å². The summed E-state index contributed by atoms with van der Waals surface area (Å²) in [6.45, 7) is 0. The lowest BCUT2D eigenvalue weighted by atomic mass is 9.89. The number of carboxylic acid groups (broad SMARTS) is 1. The standard InChI is InChI=1S/C13H15NO3/c1-14-11-5-3-2-4-9(11)8-10(13(14)17)6-7-12(15)16/h2-5,10H,6-8H2,1H3,(H,15,16). The highest BCUT2D eigenvalue weighted by Gasteiger charge is 2.30. The highest BCUT2D eigenvalue weighted by atomic mass is 16.4. The van der Waals surface area contributed by atoms with Crippen LogP contribution in [-0.4, -0.2) is 24.0 Å². The lowest BCUT2D eigenvalue weighted by Crippen LogP contribution is -2.38. The van der Waals surface area contributed by atoms with Crippen molar-refractivity contribution in [2.75, 3.05) is 11.9 Å². The van der Waals surface area contributed by atoms with Gasteiger partial charge in [-0.2, -0.15) is 0 Å². The molecule has 1 unspecified atom stereocenters. The Bertz CT molecular complexity index is 456. The van der Waals surface area contributed by atoms with Crippen molar-refractivity contribution in [2.45, 2.75) is 19.3 Å². The number of anilines is 1. The summed E-state index contributed by atoms with van der Waals surface area (Å²) in [6.07, 6.45) is 1.10. The van der Waals surface area contributed by atoms with Crippen LogP contribution in [0.15, 0.2) is 24.3 Å². The van der Waals surface area contributed by atoms with Gasteiger partial charge in [0.15, 0.2) is 0 Å². The number of aliphatic carboxylic acids is 1. The fourth-order valence-electron chi connectivity index (χ4n) is 2.28. The Morgan fingerprint density at radius 2 is 2.18 bits per heavy atom. The van der Waals surface area contributed by atoms with Crippen LogP contribution in [0.25, 0.3) is 0 Å². The molecular formula is C13H15NO3. The van der Waals surface area contributed by atoms with Crippen molar-refractivity contribution in [3.05, 3.63) is 29.8 Å². The molecule has 90 valence electrons. The first-order valence-electron chi connectivity index (χ1n) is 5.67. The molecule has 2 rings (SSSR count). The third kappa shape index (κ3) is 2.30. The normalized spacial score (nSPS) is 19.0. The number of para-hydroxylation sites is 1. The Morgan fingerprint density at radius 3 is 2.88 bits per heavy atom. The predicted octanol–water partition coefficient (Wildman–Crippen LogP) is 1.69. The largest absolute Gasteiger partial charge is 0.481 e. The Labute approximate surface area is 99.9 Å². The van der Waals surface area contributed by atoms with E-state index in [1.54, 1.807) is 11.9 Å². The van der Waals surface area contributed by atoms with Crippen molar-refractivity contribution in [1.29, 1.82) is 0 Å². The number of carbonyl (C=O) groups excluding carboxylic acids is 1. The number of amides is 1. The van der Waals surface area contributed by atoms with E-state index in [1.807, 2.05) is 24.3 Å². The molecule has 1 amide bonds. The second-order valence-electron chi connectivity index (χ2n) is 4.36. The first-order chi connectivity index (χ1) is 8.09. The highest BCUT2D eigenvalue weighted by Crippen LogP contribution is 2.31. The van der Waals surface area contributed by atoms with Gasteiger partial charge in [-0.15, -0.1) is 0 Å². The van der Waals surface area contributed by atoms with Crippen LogP contribution >= 0.6 is 0 Å². The Hall–Kier alpha value is -1.84. The fraction of sp³-hybridized carbons (Fsp3) is 0.385. The zero-order valence-corrected chi connectivity index (χ0v) is 9.72. The van der Waals surface area contributed by atoms with E-state index in [2.05, 4.69) is 0 Å². The SMILES string of the molecule is CN1C(=O)C(CCC(=O)O)Cc2ccccc21. The molecule has 0 saturated heterocycles. The minimum atomic E-state index is -0.848. The van der Waals surface area contributed by atoms with Crippen LogP contribution in [0.1, 0.15) is 18.4 Å². The van der Waals surface area contributed by atoms with Crippen molar-refractivity contribution in [3.8, 4) is 0 Å². The summed E-state index contributed by atoms with van der Waals surface area (Å²) in [4.78, 5) is 24.2. The van der Waals surface area contributed by atoms with Crippen molar-refractivity contribution >= 4 is 17.6 Å². The quantitative estimate of drug-likeness (QED) is 0.864. The van der Waals surface area contributed by atoms with E-state index in [-0.39, 0.29) is 18.2 Å². The average molecular weight is 233 g/mol. The lowest BCUT2D eigenvalue weighted by Gasteiger charge is -2.31. The Kier molecular flexibility index (Phi) is 3.13. The van der Waals surface area contributed by atoms with Crippen molar-refractivity contribution in [3.63, 3.8) is 0 Å².